The van der Waals surface area contributed by atoms with Crippen molar-refractivity contribution in [1.82, 2.24) is 9.97 Å². The highest BCUT2D eigenvalue weighted by Crippen LogP contribution is 2.28. The molecule has 2 aromatic rings. The van der Waals surface area contributed by atoms with Gasteiger partial charge in [0.1, 0.15) is 0 Å². The Balaban J connectivity index is 2.22. The molecule has 2 heterocycles. The van der Waals surface area contributed by atoms with Gasteiger partial charge in [0.2, 0.25) is 5.01 Å². The molecule has 0 aromatic carbocycles. The Labute approximate surface area is 99.9 Å². The minimum atomic E-state index is -0.392. The van der Waals surface area contributed by atoms with Crippen LogP contribution >= 0.6 is 22.7 Å². The van der Waals surface area contributed by atoms with Crippen molar-refractivity contribution in [3.63, 3.8) is 0 Å². The van der Waals surface area contributed by atoms with Gasteiger partial charge in [-0.05, 0) is 6.92 Å². The number of hydrogen-bond acceptors (Lipinski definition) is 7. The lowest BCUT2D eigenvalue weighted by Crippen LogP contribution is -2.03. The van der Waals surface area contributed by atoms with Gasteiger partial charge in [-0.25, -0.2) is 14.8 Å². The molecular formula is C9H9N3O2S2. The standard InChI is InChI=1S/C9H9N3O2S2/c1-2-14-8(13)7-12-5(4-15-7)6-3-11-9(10)16-6/h3-4H,2H2,1H3,(H2,10,11). The van der Waals surface area contributed by atoms with Crippen molar-refractivity contribution in [1.29, 1.82) is 0 Å². The topological polar surface area (TPSA) is 78.1 Å². The summed E-state index contributed by atoms with van der Waals surface area (Å²) in [5, 5.41) is 2.63. The largest absolute Gasteiger partial charge is 0.461 e. The molecule has 84 valence electrons. The van der Waals surface area contributed by atoms with Gasteiger partial charge in [0.25, 0.3) is 0 Å². The smallest absolute Gasteiger partial charge is 0.367 e. The molecule has 0 aliphatic rings. The van der Waals surface area contributed by atoms with Gasteiger partial charge in [-0.3, -0.25) is 0 Å². The number of nitrogens with two attached hydrogens (primary N) is 1. The Bertz CT molecular complexity index is 506. The lowest BCUT2D eigenvalue weighted by molar-refractivity contribution is 0.0526. The quantitative estimate of drug-likeness (QED) is 0.849. The van der Waals surface area contributed by atoms with E-state index in [9.17, 15) is 4.79 Å². The van der Waals surface area contributed by atoms with E-state index >= 15 is 0 Å². The summed E-state index contributed by atoms with van der Waals surface area (Å²) in [6.07, 6.45) is 1.64. The molecule has 0 aliphatic heterocycles. The van der Waals surface area contributed by atoms with Crippen LogP contribution in [0.4, 0.5) is 5.13 Å². The fraction of sp³-hybridized carbons (Fsp3) is 0.222. The number of rotatable bonds is 3. The second-order valence-electron chi connectivity index (χ2n) is 2.82. The van der Waals surface area contributed by atoms with E-state index in [1.807, 2.05) is 0 Å². The molecule has 0 atom stereocenters. The molecule has 0 bridgehead atoms. The number of esters is 1. The second kappa shape index (κ2) is 4.58. The summed E-state index contributed by atoms with van der Waals surface area (Å²) in [6.45, 7) is 2.11. The zero-order valence-electron chi connectivity index (χ0n) is 8.47. The highest BCUT2D eigenvalue weighted by molar-refractivity contribution is 7.19. The molecule has 2 rings (SSSR count). The molecule has 16 heavy (non-hydrogen) atoms. The van der Waals surface area contributed by atoms with Crippen LogP contribution in [0.15, 0.2) is 11.6 Å². The SMILES string of the molecule is CCOC(=O)c1nc(-c2cnc(N)s2)cs1. The van der Waals surface area contributed by atoms with Crippen LogP contribution < -0.4 is 5.73 Å². The monoisotopic (exact) mass is 255 g/mol. The first kappa shape index (κ1) is 11.0. The van der Waals surface area contributed by atoms with Crippen molar-refractivity contribution in [3.8, 4) is 10.6 Å². The molecule has 2 N–H and O–H groups in total. The van der Waals surface area contributed by atoms with E-state index < -0.39 is 5.97 Å². The molecule has 0 saturated carbocycles. The Morgan fingerprint density at radius 1 is 1.62 bits per heavy atom. The maximum atomic E-state index is 11.4. The minimum Gasteiger partial charge on any atom is -0.461 e. The van der Waals surface area contributed by atoms with Gasteiger partial charge in [-0.15, -0.1) is 11.3 Å². The zero-order valence-corrected chi connectivity index (χ0v) is 10.1. The van der Waals surface area contributed by atoms with Gasteiger partial charge in [0.05, 0.1) is 17.2 Å². The molecular weight excluding hydrogens is 246 g/mol. The number of thiazole rings is 2. The maximum absolute atomic E-state index is 11.4. The summed E-state index contributed by atoms with van der Waals surface area (Å²) in [5.41, 5.74) is 6.23. The van der Waals surface area contributed by atoms with Crippen molar-refractivity contribution in [2.75, 3.05) is 12.3 Å². The molecule has 0 unspecified atom stereocenters. The van der Waals surface area contributed by atoms with Gasteiger partial charge in [0.15, 0.2) is 5.13 Å². The van der Waals surface area contributed by atoms with Crippen LogP contribution in [0.1, 0.15) is 16.7 Å². The molecule has 0 saturated heterocycles. The summed E-state index contributed by atoms with van der Waals surface area (Å²) in [7, 11) is 0. The molecule has 2 aromatic heterocycles. The number of nitrogen functional groups attached to an aromatic ring is 1. The summed E-state index contributed by atoms with van der Waals surface area (Å²) in [4.78, 5) is 20.3. The van der Waals surface area contributed by atoms with Crippen molar-refractivity contribution >= 4 is 33.8 Å². The normalized spacial score (nSPS) is 10.3. The van der Waals surface area contributed by atoms with Crippen LogP contribution in [0.25, 0.3) is 10.6 Å². The highest BCUT2D eigenvalue weighted by atomic mass is 32.1. The Kier molecular flexibility index (Phi) is 3.16. The number of ether oxygens (including phenoxy) is 1. The molecule has 5 nitrogen and oxygen atoms in total. The van der Waals surface area contributed by atoms with Crippen LogP contribution in [-0.4, -0.2) is 22.5 Å². The van der Waals surface area contributed by atoms with E-state index in [-0.39, 0.29) is 0 Å². The lowest BCUT2D eigenvalue weighted by Gasteiger charge is -1.95. The van der Waals surface area contributed by atoms with E-state index in [2.05, 4.69) is 9.97 Å². The van der Waals surface area contributed by atoms with E-state index in [0.29, 0.717) is 22.4 Å². The van der Waals surface area contributed by atoms with E-state index in [1.54, 1.807) is 18.5 Å². The van der Waals surface area contributed by atoms with Crippen LogP contribution in [0.3, 0.4) is 0 Å². The zero-order chi connectivity index (χ0) is 11.5. The average Bonchev–Trinajstić information content (AvgIpc) is 2.85. The van der Waals surface area contributed by atoms with Gasteiger partial charge in [-0.1, -0.05) is 11.3 Å². The van der Waals surface area contributed by atoms with Crippen molar-refractivity contribution in [3.05, 3.63) is 16.6 Å². The van der Waals surface area contributed by atoms with Gasteiger partial charge >= 0.3 is 5.97 Å². The van der Waals surface area contributed by atoms with Crippen molar-refractivity contribution in [2.45, 2.75) is 6.92 Å². The fourth-order valence-corrected chi connectivity index (χ4v) is 2.51. The number of carbonyl (C=O) groups is 1. The number of aromatic nitrogens is 2. The summed E-state index contributed by atoms with van der Waals surface area (Å²) in [6, 6.07) is 0. The predicted octanol–water partition coefficient (Wildman–Crippen LogP) is 2.03. The third-order valence-electron chi connectivity index (χ3n) is 1.73. The molecule has 0 amide bonds. The molecule has 0 aliphatic carbocycles. The lowest BCUT2D eigenvalue weighted by atomic mass is 10.4. The van der Waals surface area contributed by atoms with Crippen LogP contribution in [-0.2, 0) is 4.74 Å². The number of carbonyl (C=O) groups excluding carboxylic acids is 1. The summed E-state index contributed by atoms with van der Waals surface area (Å²) < 4.78 is 4.85. The third kappa shape index (κ3) is 2.20. The number of anilines is 1. The molecule has 0 fully saturated rings. The molecule has 7 heteroatoms. The molecule has 0 radical (unpaired) electrons. The van der Waals surface area contributed by atoms with E-state index in [1.165, 1.54) is 22.7 Å². The first-order valence-corrected chi connectivity index (χ1v) is 6.24. The summed E-state index contributed by atoms with van der Waals surface area (Å²) >= 11 is 2.59. The number of hydrogen-bond donors (Lipinski definition) is 1. The highest BCUT2D eigenvalue weighted by Gasteiger charge is 2.14. The van der Waals surface area contributed by atoms with Crippen molar-refractivity contribution < 1.29 is 9.53 Å². The minimum absolute atomic E-state index is 0.348. The van der Waals surface area contributed by atoms with Crippen LogP contribution in [0.2, 0.25) is 0 Å². The number of nitrogens with zero attached hydrogens (tertiary/aromatic N) is 2. The summed E-state index contributed by atoms with van der Waals surface area (Å²) in [5.74, 6) is -0.392. The molecule has 0 spiro atoms. The first-order valence-electron chi connectivity index (χ1n) is 4.55. The van der Waals surface area contributed by atoms with E-state index in [0.717, 1.165) is 4.88 Å². The van der Waals surface area contributed by atoms with Crippen molar-refractivity contribution in [2.24, 2.45) is 0 Å². The van der Waals surface area contributed by atoms with Gasteiger partial charge < -0.3 is 10.5 Å². The Morgan fingerprint density at radius 2 is 2.44 bits per heavy atom. The van der Waals surface area contributed by atoms with Gasteiger partial charge in [0, 0.05) is 11.6 Å². The second-order valence-corrected chi connectivity index (χ2v) is 4.74. The van der Waals surface area contributed by atoms with E-state index in [4.69, 9.17) is 10.5 Å². The fourth-order valence-electron chi connectivity index (χ4n) is 1.08. The third-order valence-corrected chi connectivity index (χ3v) is 3.40. The predicted molar refractivity (Wildman–Crippen MR) is 63.6 cm³/mol. The van der Waals surface area contributed by atoms with Crippen LogP contribution in [0.5, 0.6) is 0 Å². The Hall–Kier alpha value is -1.47. The van der Waals surface area contributed by atoms with Crippen LogP contribution in [0, 0.1) is 0 Å². The van der Waals surface area contributed by atoms with Gasteiger partial charge in [-0.2, -0.15) is 0 Å². The first-order chi connectivity index (χ1) is 7.70. The maximum Gasteiger partial charge on any atom is 0.367 e. The Morgan fingerprint density at radius 3 is 3.06 bits per heavy atom. The average molecular weight is 255 g/mol.